The number of amides is 1. The molecule has 1 heterocycles. The Kier molecular flexibility index (Phi) is 6.39. The highest BCUT2D eigenvalue weighted by Crippen LogP contribution is 2.21. The summed E-state index contributed by atoms with van der Waals surface area (Å²) in [5.41, 5.74) is 1.79. The second-order valence-electron chi connectivity index (χ2n) is 6.15. The number of rotatable bonds is 6. The maximum atomic E-state index is 13.6. The molecule has 0 radical (unpaired) electrons. The van der Waals surface area contributed by atoms with Crippen LogP contribution in [0.15, 0.2) is 48.5 Å². The van der Waals surface area contributed by atoms with Crippen molar-refractivity contribution < 1.29 is 13.9 Å². The van der Waals surface area contributed by atoms with Gasteiger partial charge in [0.25, 0.3) is 0 Å². The van der Waals surface area contributed by atoms with Crippen LogP contribution in [-0.4, -0.2) is 49.8 Å². The summed E-state index contributed by atoms with van der Waals surface area (Å²) in [6.45, 7) is 3.06. The van der Waals surface area contributed by atoms with Crippen LogP contribution in [0.3, 0.4) is 0 Å². The van der Waals surface area contributed by atoms with Gasteiger partial charge < -0.3 is 14.5 Å². The van der Waals surface area contributed by atoms with E-state index < -0.39 is 0 Å². The highest BCUT2D eigenvalue weighted by Gasteiger charge is 2.21. The lowest BCUT2D eigenvalue weighted by Gasteiger charge is -2.36. The van der Waals surface area contributed by atoms with Crippen LogP contribution < -0.4 is 9.64 Å². The van der Waals surface area contributed by atoms with Crippen LogP contribution in [0.4, 0.5) is 10.1 Å². The van der Waals surface area contributed by atoms with Crippen LogP contribution in [0.25, 0.3) is 0 Å². The zero-order valence-electron chi connectivity index (χ0n) is 14.9. The van der Waals surface area contributed by atoms with Gasteiger partial charge in [0.1, 0.15) is 11.6 Å². The summed E-state index contributed by atoms with van der Waals surface area (Å²) in [7, 11) is 1.66. The Morgan fingerprint density at radius 3 is 2.42 bits per heavy atom. The number of carbonyl (C=O) groups excluding carboxylic acids is 1. The summed E-state index contributed by atoms with van der Waals surface area (Å²) in [5, 5.41) is 0. The molecule has 1 aliphatic rings. The van der Waals surface area contributed by atoms with Crippen LogP contribution >= 0.6 is 11.8 Å². The number of carbonyl (C=O) groups is 1. The van der Waals surface area contributed by atoms with Crippen molar-refractivity contribution >= 4 is 23.4 Å². The molecule has 0 saturated carbocycles. The molecule has 0 N–H and O–H groups in total. The van der Waals surface area contributed by atoms with Crippen molar-refractivity contribution in [3.05, 3.63) is 59.9 Å². The van der Waals surface area contributed by atoms with E-state index in [9.17, 15) is 9.18 Å². The van der Waals surface area contributed by atoms with Gasteiger partial charge in [-0.2, -0.15) is 0 Å². The Hall–Kier alpha value is -2.21. The lowest BCUT2D eigenvalue weighted by Crippen LogP contribution is -2.49. The van der Waals surface area contributed by atoms with Gasteiger partial charge in [0, 0.05) is 37.6 Å². The van der Waals surface area contributed by atoms with Crippen LogP contribution in [0.5, 0.6) is 5.75 Å². The molecular formula is C20H23FN2O2S. The minimum atomic E-state index is -0.208. The van der Waals surface area contributed by atoms with E-state index in [-0.39, 0.29) is 11.7 Å². The van der Waals surface area contributed by atoms with Crippen molar-refractivity contribution in [2.45, 2.75) is 5.75 Å². The maximum absolute atomic E-state index is 13.6. The van der Waals surface area contributed by atoms with Gasteiger partial charge in [-0.1, -0.05) is 18.2 Å². The predicted molar refractivity (Wildman–Crippen MR) is 104 cm³/mol. The molecule has 3 rings (SSSR count). The zero-order chi connectivity index (χ0) is 18.4. The third-order valence-electron chi connectivity index (χ3n) is 4.51. The van der Waals surface area contributed by atoms with Crippen molar-refractivity contribution in [1.82, 2.24) is 4.90 Å². The summed E-state index contributed by atoms with van der Waals surface area (Å²) < 4.78 is 18.8. The highest BCUT2D eigenvalue weighted by molar-refractivity contribution is 7.99. The van der Waals surface area contributed by atoms with E-state index in [1.807, 2.05) is 35.2 Å². The van der Waals surface area contributed by atoms with E-state index in [4.69, 9.17) is 4.74 Å². The first-order valence-corrected chi connectivity index (χ1v) is 9.81. The summed E-state index contributed by atoms with van der Waals surface area (Å²) >= 11 is 1.46. The quantitative estimate of drug-likeness (QED) is 0.776. The largest absolute Gasteiger partial charge is 0.497 e. The fourth-order valence-corrected chi connectivity index (χ4v) is 3.88. The third-order valence-corrected chi connectivity index (χ3v) is 5.48. The average Bonchev–Trinajstić information content (AvgIpc) is 2.69. The fourth-order valence-electron chi connectivity index (χ4n) is 2.96. The van der Waals surface area contributed by atoms with Gasteiger partial charge in [0.05, 0.1) is 12.9 Å². The molecule has 1 fully saturated rings. The zero-order valence-corrected chi connectivity index (χ0v) is 15.7. The van der Waals surface area contributed by atoms with E-state index in [1.54, 1.807) is 19.2 Å². The molecule has 4 nitrogen and oxygen atoms in total. The van der Waals surface area contributed by atoms with Crippen molar-refractivity contribution in [2.24, 2.45) is 0 Å². The number of methoxy groups -OCH3 is 1. The Labute approximate surface area is 157 Å². The Balaban J connectivity index is 1.43. The molecule has 26 heavy (non-hydrogen) atoms. The number of ether oxygens (including phenoxy) is 1. The molecular weight excluding hydrogens is 351 g/mol. The minimum absolute atomic E-state index is 0.126. The van der Waals surface area contributed by atoms with Gasteiger partial charge in [0.15, 0.2) is 0 Å². The van der Waals surface area contributed by atoms with Crippen LogP contribution in [0.1, 0.15) is 5.56 Å². The van der Waals surface area contributed by atoms with Gasteiger partial charge in [-0.3, -0.25) is 4.79 Å². The average molecular weight is 374 g/mol. The number of anilines is 1. The molecule has 0 aromatic heterocycles. The SMILES string of the molecule is COc1ccc(N2CCN(C(=O)CSCc3ccccc3F)CC2)cc1. The summed E-state index contributed by atoms with van der Waals surface area (Å²) in [6, 6.07) is 14.7. The van der Waals surface area contributed by atoms with Crippen molar-refractivity contribution in [3.8, 4) is 5.75 Å². The normalized spacial score (nSPS) is 14.4. The fraction of sp³-hybridized carbons (Fsp3) is 0.350. The van der Waals surface area contributed by atoms with E-state index >= 15 is 0 Å². The van der Waals surface area contributed by atoms with Crippen LogP contribution in [0, 0.1) is 5.82 Å². The maximum Gasteiger partial charge on any atom is 0.232 e. The molecule has 2 aromatic carbocycles. The van der Waals surface area contributed by atoms with E-state index in [2.05, 4.69) is 4.90 Å². The molecule has 138 valence electrons. The van der Waals surface area contributed by atoms with Crippen LogP contribution in [-0.2, 0) is 10.5 Å². The lowest BCUT2D eigenvalue weighted by atomic mass is 10.2. The Bertz CT molecular complexity index is 731. The van der Waals surface area contributed by atoms with E-state index in [0.29, 0.717) is 30.2 Å². The summed E-state index contributed by atoms with van der Waals surface area (Å²) in [6.07, 6.45) is 0. The molecule has 0 aliphatic carbocycles. The van der Waals surface area contributed by atoms with E-state index in [0.717, 1.165) is 24.5 Å². The third kappa shape index (κ3) is 4.69. The van der Waals surface area contributed by atoms with Gasteiger partial charge in [0.2, 0.25) is 5.91 Å². The van der Waals surface area contributed by atoms with Gasteiger partial charge >= 0.3 is 0 Å². The number of nitrogens with zero attached hydrogens (tertiary/aromatic N) is 2. The number of hydrogen-bond donors (Lipinski definition) is 0. The second kappa shape index (κ2) is 8.94. The summed E-state index contributed by atoms with van der Waals surface area (Å²) in [4.78, 5) is 16.5. The van der Waals surface area contributed by atoms with Crippen molar-refractivity contribution in [3.63, 3.8) is 0 Å². The predicted octanol–water partition coefficient (Wildman–Crippen LogP) is 3.42. The summed E-state index contributed by atoms with van der Waals surface area (Å²) in [5.74, 6) is 1.66. The second-order valence-corrected chi connectivity index (χ2v) is 7.14. The van der Waals surface area contributed by atoms with E-state index in [1.165, 1.54) is 17.8 Å². The number of halogens is 1. The smallest absolute Gasteiger partial charge is 0.232 e. The topological polar surface area (TPSA) is 32.8 Å². The molecule has 1 aliphatic heterocycles. The standard InChI is InChI=1S/C20H23FN2O2S/c1-25-18-8-6-17(7-9-18)22-10-12-23(13-11-22)20(24)15-26-14-16-4-2-3-5-19(16)21/h2-9H,10-15H2,1H3. The molecule has 1 amide bonds. The molecule has 0 atom stereocenters. The van der Waals surface area contributed by atoms with Gasteiger partial charge in [-0.05, 0) is 35.9 Å². The Morgan fingerprint density at radius 1 is 1.08 bits per heavy atom. The number of hydrogen-bond acceptors (Lipinski definition) is 4. The Morgan fingerprint density at radius 2 is 1.77 bits per heavy atom. The number of benzene rings is 2. The van der Waals surface area contributed by atoms with Crippen molar-refractivity contribution in [1.29, 1.82) is 0 Å². The molecule has 0 unspecified atom stereocenters. The molecule has 0 bridgehead atoms. The highest BCUT2D eigenvalue weighted by atomic mass is 32.2. The van der Waals surface area contributed by atoms with Crippen molar-refractivity contribution in [2.75, 3.05) is 43.9 Å². The lowest BCUT2D eigenvalue weighted by molar-refractivity contribution is -0.128. The minimum Gasteiger partial charge on any atom is -0.497 e. The van der Waals surface area contributed by atoms with Gasteiger partial charge in [-0.15, -0.1) is 11.8 Å². The monoisotopic (exact) mass is 374 g/mol. The number of piperazine rings is 1. The van der Waals surface area contributed by atoms with Gasteiger partial charge in [-0.25, -0.2) is 4.39 Å². The molecule has 2 aromatic rings. The van der Waals surface area contributed by atoms with Crippen LogP contribution in [0.2, 0.25) is 0 Å². The number of thioether (sulfide) groups is 1. The first-order chi connectivity index (χ1) is 12.7. The molecule has 6 heteroatoms. The first kappa shape index (κ1) is 18.6. The molecule has 0 spiro atoms. The first-order valence-electron chi connectivity index (χ1n) is 8.65. The molecule has 1 saturated heterocycles.